The fraction of sp³-hybridized carbons (Fsp3) is 0.533. The van der Waals surface area contributed by atoms with Crippen molar-refractivity contribution in [3.05, 3.63) is 29.3 Å². The second-order valence-electron chi connectivity index (χ2n) is 5.33. The summed E-state index contributed by atoms with van der Waals surface area (Å²) in [6.07, 6.45) is 0.801. The van der Waals surface area contributed by atoms with E-state index in [1.165, 1.54) is 4.90 Å². The second-order valence-corrected chi connectivity index (χ2v) is 7.28. The molecule has 0 radical (unpaired) electrons. The normalized spacial score (nSPS) is 15.8. The molecule has 0 aromatic heterocycles. The summed E-state index contributed by atoms with van der Waals surface area (Å²) in [4.78, 5) is 1.18. The van der Waals surface area contributed by atoms with Crippen molar-refractivity contribution in [3.8, 4) is 6.07 Å². The molecular formula is C15H21ClN2S. The molecule has 0 aliphatic rings. The molecule has 19 heavy (non-hydrogen) atoms. The highest BCUT2D eigenvalue weighted by Gasteiger charge is 2.27. The van der Waals surface area contributed by atoms with Crippen LogP contribution >= 0.6 is 23.4 Å². The zero-order valence-corrected chi connectivity index (χ0v) is 13.5. The third kappa shape index (κ3) is 5.86. The van der Waals surface area contributed by atoms with E-state index in [2.05, 4.69) is 32.2 Å². The van der Waals surface area contributed by atoms with E-state index in [1.807, 2.05) is 31.2 Å². The van der Waals surface area contributed by atoms with Crippen LogP contribution in [0.2, 0.25) is 5.02 Å². The molecule has 0 spiro atoms. The van der Waals surface area contributed by atoms with Gasteiger partial charge in [-0.3, -0.25) is 5.32 Å². The highest BCUT2D eigenvalue weighted by Crippen LogP contribution is 2.29. The quantitative estimate of drug-likeness (QED) is 0.786. The average molecular weight is 297 g/mol. The molecule has 1 aromatic rings. The van der Waals surface area contributed by atoms with Gasteiger partial charge >= 0.3 is 0 Å². The van der Waals surface area contributed by atoms with E-state index in [9.17, 15) is 5.26 Å². The molecule has 1 rings (SSSR count). The van der Waals surface area contributed by atoms with Gasteiger partial charge in [0.25, 0.3) is 0 Å². The third-order valence-electron chi connectivity index (χ3n) is 2.70. The molecule has 0 heterocycles. The van der Waals surface area contributed by atoms with Gasteiger partial charge in [-0.1, -0.05) is 18.5 Å². The molecule has 0 bridgehead atoms. The van der Waals surface area contributed by atoms with Crippen LogP contribution in [-0.2, 0) is 0 Å². The molecule has 0 saturated heterocycles. The van der Waals surface area contributed by atoms with Gasteiger partial charge in [0, 0.05) is 21.2 Å². The van der Waals surface area contributed by atoms with Crippen molar-refractivity contribution >= 4 is 23.4 Å². The van der Waals surface area contributed by atoms with Gasteiger partial charge in [-0.2, -0.15) is 5.26 Å². The van der Waals surface area contributed by atoms with Crippen molar-refractivity contribution in [2.45, 2.75) is 55.8 Å². The Morgan fingerprint density at radius 3 is 2.37 bits per heavy atom. The maximum Gasteiger partial charge on any atom is 0.105 e. The lowest BCUT2D eigenvalue weighted by atomic mass is 9.97. The Morgan fingerprint density at radius 1 is 1.32 bits per heavy atom. The number of nitrogens with one attached hydrogen (secondary N) is 1. The smallest absolute Gasteiger partial charge is 0.105 e. The van der Waals surface area contributed by atoms with E-state index >= 15 is 0 Å². The summed E-state index contributed by atoms with van der Waals surface area (Å²) < 4.78 is 0. The van der Waals surface area contributed by atoms with Crippen LogP contribution in [0.4, 0.5) is 0 Å². The molecule has 0 aliphatic heterocycles. The Labute approximate surface area is 125 Å². The first-order valence-electron chi connectivity index (χ1n) is 6.46. The predicted octanol–water partition coefficient (Wildman–Crippen LogP) is 4.49. The van der Waals surface area contributed by atoms with Crippen LogP contribution < -0.4 is 5.32 Å². The Bertz CT molecular complexity index is 438. The lowest BCUT2D eigenvalue weighted by Gasteiger charge is -2.28. The minimum absolute atomic E-state index is 0.303. The van der Waals surface area contributed by atoms with E-state index in [1.54, 1.807) is 11.8 Å². The summed E-state index contributed by atoms with van der Waals surface area (Å²) >= 11 is 7.64. The van der Waals surface area contributed by atoms with Crippen molar-refractivity contribution in [2.24, 2.45) is 0 Å². The van der Waals surface area contributed by atoms with E-state index in [-0.39, 0.29) is 0 Å². The van der Waals surface area contributed by atoms with Gasteiger partial charge in [0.15, 0.2) is 0 Å². The zero-order valence-electron chi connectivity index (χ0n) is 11.9. The van der Waals surface area contributed by atoms with Crippen LogP contribution in [0.3, 0.4) is 0 Å². The van der Waals surface area contributed by atoms with Crippen LogP contribution in [0.1, 0.15) is 34.1 Å². The predicted molar refractivity (Wildman–Crippen MR) is 83.7 cm³/mol. The van der Waals surface area contributed by atoms with Gasteiger partial charge in [0.2, 0.25) is 0 Å². The first kappa shape index (κ1) is 16.4. The second kappa shape index (κ2) is 7.19. The monoisotopic (exact) mass is 296 g/mol. The highest BCUT2D eigenvalue weighted by molar-refractivity contribution is 7.99. The first-order valence-corrected chi connectivity index (χ1v) is 7.71. The summed E-state index contributed by atoms with van der Waals surface area (Å²) in [6, 6.07) is 10.5. The van der Waals surface area contributed by atoms with Gasteiger partial charge in [-0.25, -0.2) is 0 Å². The number of benzene rings is 1. The Balaban J connectivity index is 2.61. The van der Waals surface area contributed by atoms with Gasteiger partial charge in [-0.15, -0.1) is 11.8 Å². The van der Waals surface area contributed by atoms with Crippen LogP contribution in [0.5, 0.6) is 0 Å². The number of hydrogen-bond donors (Lipinski definition) is 1. The summed E-state index contributed by atoms with van der Waals surface area (Å²) in [5, 5.41) is 13.8. The molecule has 2 unspecified atom stereocenters. The van der Waals surface area contributed by atoms with Crippen LogP contribution in [0, 0.1) is 11.3 Å². The molecule has 0 fully saturated rings. The summed E-state index contributed by atoms with van der Waals surface area (Å²) in [5.41, 5.74) is -0.479. The summed E-state index contributed by atoms with van der Waals surface area (Å²) in [7, 11) is 0. The maximum absolute atomic E-state index is 9.35. The van der Waals surface area contributed by atoms with Crippen LogP contribution in [0.25, 0.3) is 0 Å². The van der Waals surface area contributed by atoms with Crippen molar-refractivity contribution in [3.63, 3.8) is 0 Å². The third-order valence-corrected chi connectivity index (χ3v) is 4.07. The van der Waals surface area contributed by atoms with E-state index in [4.69, 9.17) is 11.6 Å². The molecule has 1 N–H and O–H groups in total. The number of rotatable bonds is 6. The number of nitriles is 1. The molecule has 2 atom stereocenters. The molecular weight excluding hydrogens is 276 g/mol. The Morgan fingerprint density at radius 2 is 1.89 bits per heavy atom. The fourth-order valence-corrected chi connectivity index (χ4v) is 3.44. The minimum atomic E-state index is -0.479. The number of nitrogens with zero attached hydrogens (tertiary/aromatic N) is 1. The number of halogens is 1. The average Bonchev–Trinajstić information content (AvgIpc) is 2.31. The van der Waals surface area contributed by atoms with Gasteiger partial charge in [0.1, 0.15) is 5.54 Å². The molecule has 0 amide bonds. The first-order chi connectivity index (χ1) is 8.84. The van der Waals surface area contributed by atoms with Crippen LogP contribution in [-0.4, -0.2) is 16.8 Å². The topological polar surface area (TPSA) is 35.8 Å². The number of hydrogen-bond acceptors (Lipinski definition) is 3. The summed E-state index contributed by atoms with van der Waals surface area (Å²) in [5.74, 6) is 0. The lowest BCUT2D eigenvalue weighted by Crippen LogP contribution is -2.46. The fourth-order valence-electron chi connectivity index (χ4n) is 2.14. The van der Waals surface area contributed by atoms with Gasteiger partial charge in [-0.05, 0) is 51.5 Å². The van der Waals surface area contributed by atoms with Crippen molar-refractivity contribution < 1.29 is 0 Å². The minimum Gasteiger partial charge on any atom is -0.297 e. The molecule has 2 nitrogen and oxygen atoms in total. The number of thioether (sulfide) groups is 1. The van der Waals surface area contributed by atoms with E-state index < -0.39 is 5.54 Å². The van der Waals surface area contributed by atoms with Gasteiger partial charge in [0.05, 0.1) is 6.07 Å². The Hall–Kier alpha value is -0.690. The van der Waals surface area contributed by atoms with Crippen LogP contribution in [0.15, 0.2) is 29.2 Å². The SMILES string of the molecule is CC(C)NC(C)(C#N)CC(C)Sc1ccc(Cl)cc1. The highest BCUT2D eigenvalue weighted by atomic mass is 35.5. The molecule has 0 aliphatic carbocycles. The molecule has 4 heteroatoms. The summed E-state index contributed by atoms with van der Waals surface area (Å²) in [6.45, 7) is 8.24. The van der Waals surface area contributed by atoms with Crippen molar-refractivity contribution in [2.75, 3.05) is 0 Å². The zero-order chi connectivity index (χ0) is 14.5. The van der Waals surface area contributed by atoms with E-state index in [0.717, 1.165) is 11.4 Å². The standard InChI is InChI=1S/C15H21ClN2S/c1-11(2)18-15(4,10-17)9-12(3)19-14-7-5-13(16)6-8-14/h5-8,11-12,18H,9H2,1-4H3. The van der Waals surface area contributed by atoms with Gasteiger partial charge < -0.3 is 0 Å². The molecule has 0 saturated carbocycles. The Kier molecular flexibility index (Phi) is 6.19. The van der Waals surface area contributed by atoms with Crippen molar-refractivity contribution in [1.82, 2.24) is 5.32 Å². The van der Waals surface area contributed by atoms with E-state index in [0.29, 0.717) is 11.3 Å². The van der Waals surface area contributed by atoms with Crippen molar-refractivity contribution in [1.29, 1.82) is 5.26 Å². The maximum atomic E-state index is 9.35. The lowest BCUT2D eigenvalue weighted by molar-refractivity contribution is 0.382. The largest absolute Gasteiger partial charge is 0.297 e. The molecule has 1 aromatic carbocycles. The molecule has 104 valence electrons.